The van der Waals surface area contributed by atoms with E-state index in [1.54, 1.807) is 32.4 Å². The van der Waals surface area contributed by atoms with Gasteiger partial charge < -0.3 is 18.9 Å². The summed E-state index contributed by atoms with van der Waals surface area (Å²) in [7, 11) is 3.31. The van der Waals surface area contributed by atoms with Crippen molar-refractivity contribution in [1.82, 2.24) is 30.6 Å². The number of rotatable bonds is 7. The molecule has 2 aliphatic rings. The lowest BCUT2D eigenvalue weighted by molar-refractivity contribution is 0.193. The van der Waals surface area contributed by atoms with Crippen molar-refractivity contribution < 1.29 is 18.9 Å². The number of methoxy groups -OCH3 is 2. The lowest BCUT2D eigenvalue weighted by Crippen LogP contribution is -2.05. The summed E-state index contributed by atoms with van der Waals surface area (Å²) < 4.78 is 21.4. The molecule has 5 heterocycles. The van der Waals surface area contributed by atoms with Crippen molar-refractivity contribution in [2.24, 2.45) is 0 Å². The van der Waals surface area contributed by atoms with E-state index in [2.05, 4.69) is 36.7 Å². The van der Waals surface area contributed by atoms with Crippen molar-refractivity contribution in [2.75, 3.05) is 40.6 Å². The second-order valence-corrected chi connectivity index (χ2v) is 11.9. The molecule has 0 bridgehead atoms. The summed E-state index contributed by atoms with van der Waals surface area (Å²) in [6.45, 7) is 2.96. The zero-order chi connectivity index (χ0) is 32.2. The molecule has 10 nitrogen and oxygen atoms in total. The maximum Gasteiger partial charge on any atom is 0.155 e. The van der Waals surface area contributed by atoms with Gasteiger partial charge in [0, 0.05) is 31.1 Å². The largest absolute Gasteiger partial charge is 0.497 e. The summed E-state index contributed by atoms with van der Waals surface area (Å²) in [4.78, 5) is 0. The first-order chi connectivity index (χ1) is 21.8. The Morgan fingerprint density at radius 2 is 1.22 bits per heavy atom. The zero-order valence-corrected chi connectivity index (χ0v) is 28.3. The summed E-state index contributed by atoms with van der Waals surface area (Å²) in [6, 6.07) is 12.8. The monoisotopic (exact) mass is 714 g/mol. The number of hydrogen-bond acceptors (Lipinski definition) is 10. The van der Waals surface area contributed by atoms with E-state index in [0.29, 0.717) is 50.8 Å². The van der Waals surface area contributed by atoms with Crippen molar-refractivity contribution in [2.45, 2.75) is 37.5 Å². The fourth-order valence-electron chi connectivity index (χ4n) is 4.68. The van der Waals surface area contributed by atoms with Crippen molar-refractivity contribution in [1.29, 1.82) is 0 Å². The summed E-state index contributed by atoms with van der Waals surface area (Å²) in [5.74, 6) is 2.24. The van der Waals surface area contributed by atoms with Gasteiger partial charge in [-0.05, 0) is 72.7 Å². The number of ether oxygens (including phenoxy) is 4. The molecule has 0 radical (unpaired) electrons. The number of hydrogen-bond donors (Lipinski definition) is 0. The summed E-state index contributed by atoms with van der Waals surface area (Å²) >= 11 is 28.6. The number of aryl methyl sites for hydroxylation is 2. The van der Waals surface area contributed by atoms with Gasteiger partial charge in [0.2, 0.25) is 0 Å². The molecule has 3 aromatic heterocycles. The van der Waals surface area contributed by atoms with Gasteiger partial charge in [-0.15, -0.1) is 25.5 Å². The molecule has 0 spiro atoms. The maximum atomic E-state index is 6.21. The molecule has 1 aromatic carbocycles. The molecule has 2 atom stereocenters. The Labute approximate surface area is 286 Å². The normalized spacial score (nSPS) is 17.1. The minimum absolute atomic E-state index is 0.320. The molecular formula is C30H31Cl5N6O4. The first-order valence-corrected chi connectivity index (χ1v) is 15.9. The van der Waals surface area contributed by atoms with Crippen LogP contribution in [-0.2, 0) is 22.3 Å². The molecule has 6 rings (SSSR count). The average molecular weight is 717 g/mol. The predicted molar refractivity (Wildman–Crippen MR) is 174 cm³/mol. The number of nitrogens with zero attached hydrogens (tertiary/aromatic N) is 6. The molecule has 45 heavy (non-hydrogen) atoms. The molecule has 4 aromatic rings. The lowest BCUT2D eigenvalue weighted by Gasteiger charge is -2.12. The van der Waals surface area contributed by atoms with Crippen molar-refractivity contribution in [3.8, 4) is 11.5 Å². The third kappa shape index (κ3) is 10.7. The Kier molecular flexibility index (Phi) is 14.1. The highest BCUT2D eigenvalue weighted by atomic mass is 35.5. The maximum absolute atomic E-state index is 6.21. The van der Waals surface area contributed by atoms with E-state index in [1.165, 1.54) is 0 Å². The number of aromatic nitrogens is 6. The molecule has 240 valence electrons. The molecule has 0 aliphatic carbocycles. The first-order valence-electron chi connectivity index (χ1n) is 14.0. The van der Waals surface area contributed by atoms with Gasteiger partial charge in [-0.2, -0.15) is 5.10 Å². The van der Waals surface area contributed by atoms with Crippen LogP contribution < -0.4 is 9.47 Å². The Morgan fingerprint density at radius 3 is 1.76 bits per heavy atom. The van der Waals surface area contributed by atoms with Gasteiger partial charge in [-0.3, -0.25) is 0 Å². The first kappa shape index (κ1) is 35.3. The molecule has 0 N–H and O–H groups in total. The van der Waals surface area contributed by atoms with Crippen LogP contribution in [0.2, 0.25) is 25.8 Å². The summed E-state index contributed by atoms with van der Waals surface area (Å²) in [5.41, 5.74) is 4.03. The topological polar surface area (TPSA) is 114 Å². The predicted octanol–water partition coefficient (Wildman–Crippen LogP) is 7.51. The van der Waals surface area contributed by atoms with Crippen LogP contribution >= 0.6 is 58.0 Å². The Morgan fingerprint density at radius 1 is 0.644 bits per heavy atom. The van der Waals surface area contributed by atoms with Crippen LogP contribution in [0.5, 0.6) is 11.5 Å². The molecule has 0 saturated carbocycles. The summed E-state index contributed by atoms with van der Waals surface area (Å²) in [5, 5.41) is 24.7. The minimum Gasteiger partial charge on any atom is -0.497 e. The standard InChI is InChI=1S/C18H21ClN2O3.C8H8Cl2N2O.C4H2Cl2N2/c1-22-15-6-4-12(17(10-15)23-2)3-5-14-9-16(18(19)21-20-14)13-7-8-24-11-13;9-7-3-6(8(10)12-11-7)5-1-2-13-4-5;5-3-1-2-4(6)8-7-3/h4,6,9-10,13H,3,5,7-8,11H2,1-2H3;3,5H,1-2,4H2;1-2H. The minimum atomic E-state index is 0.320. The van der Waals surface area contributed by atoms with E-state index in [0.717, 1.165) is 72.8 Å². The van der Waals surface area contributed by atoms with E-state index in [1.807, 2.05) is 18.2 Å². The van der Waals surface area contributed by atoms with Crippen LogP contribution in [0.1, 0.15) is 47.1 Å². The molecule has 2 saturated heterocycles. The highest BCUT2D eigenvalue weighted by Gasteiger charge is 2.22. The fourth-order valence-corrected chi connectivity index (χ4v) is 5.53. The molecule has 2 aliphatic heterocycles. The average Bonchev–Trinajstić information content (AvgIpc) is 3.79. The van der Waals surface area contributed by atoms with Crippen LogP contribution in [0.25, 0.3) is 0 Å². The molecular weight excluding hydrogens is 686 g/mol. The van der Waals surface area contributed by atoms with Gasteiger partial charge in [0.15, 0.2) is 25.8 Å². The van der Waals surface area contributed by atoms with Crippen molar-refractivity contribution >= 4 is 58.0 Å². The van der Waals surface area contributed by atoms with Crippen molar-refractivity contribution in [3.63, 3.8) is 0 Å². The van der Waals surface area contributed by atoms with Crippen LogP contribution in [-0.4, -0.2) is 71.2 Å². The van der Waals surface area contributed by atoms with Gasteiger partial charge in [0.1, 0.15) is 11.5 Å². The molecule has 2 unspecified atom stereocenters. The van der Waals surface area contributed by atoms with Gasteiger partial charge in [0.05, 0.1) is 33.1 Å². The van der Waals surface area contributed by atoms with Gasteiger partial charge in [-0.1, -0.05) is 64.1 Å². The van der Waals surface area contributed by atoms with Crippen LogP contribution in [0.4, 0.5) is 0 Å². The third-order valence-corrected chi connectivity index (χ3v) is 8.23. The molecule has 0 amide bonds. The van der Waals surface area contributed by atoms with Gasteiger partial charge in [-0.25, -0.2) is 0 Å². The SMILES string of the molecule is COc1ccc(CCc2cc(C3CCOC3)c(Cl)nn2)c(OC)c1.Clc1cc(C2CCOC2)c(Cl)nn1.Clc1ccc(Cl)nn1. The number of halogens is 5. The molecule has 2 fully saturated rings. The highest BCUT2D eigenvalue weighted by Crippen LogP contribution is 2.32. The number of benzene rings is 1. The lowest BCUT2D eigenvalue weighted by atomic mass is 9.99. The van der Waals surface area contributed by atoms with E-state index in [9.17, 15) is 0 Å². The van der Waals surface area contributed by atoms with Crippen LogP contribution in [0.15, 0.2) is 42.5 Å². The zero-order valence-electron chi connectivity index (χ0n) is 24.6. The fraction of sp³-hybridized carbons (Fsp3) is 0.400. The smallest absolute Gasteiger partial charge is 0.155 e. The van der Waals surface area contributed by atoms with E-state index < -0.39 is 0 Å². The Bertz CT molecular complexity index is 1500. The second-order valence-electron chi connectivity index (χ2n) is 9.97. The Balaban J connectivity index is 0.000000182. The molecule has 15 heteroatoms. The van der Waals surface area contributed by atoms with E-state index in [-0.39, 0.29) is 0 Å². The van der Waals surface area contributed by atoms with Crippen molar-refractivity contribution in [3.05, 3.63) is 90.6 Å². The van der Waals surface area contributed by atoms with Gasteiger partial charge >= 0.3 is 0 Å². The van der Waals surface area contributed by atoms with E-state index in [4.69, 9.17) is 77.0 Å². The van der Waals surface area contributed by atoms with E-state index >= 15 is 0 Å². The van der Waals surface area contributed by atoms with Crippen LogP contribution in [0.3, 0.4) is 0 Å². The second kappa shape index (κ2) is 17.9. The Hall–Kier alpha value is -2.57. The van der Waals surface area contributed by atoms with Gasteiger partial charge in [0.25, 0.3) is 0 Å². The quantitative estimate of drug-likeness (QED) is 0.190. The third-order valence-electron chi connectivity index (χ3n) is 7.06. The summed E-state index contributed by atoms with van der Waals surface area (Å²) in [6.07, 6.45) is 3.54. The highest BCUT2D eigenvalue weighted by molar-refractivity contribution is 6.32. The van der Waals surface area contributed by atoms with Crippen LogP contribution in [0, 0.1) is 0 Å².